The first kappa shape index (κ1) is 21.3. The van der Waals surface area contributed by atoms with Crippen LogP contribution < -0.4 is 11.1 Å². The van der Waals surface area contributed by atoms with Gasteiger partial charge in [0.25, 0.3) is 11.1 Å². The molecular formula is C27H22N4O3. The molecule has 0 amide bonds. The Morgan fingerprint density at radius 3 is 2.24 bits per heavy atom. The van der Waals surface area contributed by atoms with Crippen molar-refractivity contribution in [1.29, 1.82) is 0 Å². The lowest BCUT2D eigenvalue weighted by Gasteiger charge is -2.13. The molecular weight excluding hydrogens is 428 g/mol. The molecule has 7 heteroatoms. The highest BCUT2D eigenvalue weighted by Gasteiger charge is 2.20. The minimum absolute atomic E-state index is 0.204. The van der Waals surface area contributed by atoms with E-state index in [1.165, 1.54) is 10.7 Å². The predicted molar refractivity (Wildman–Crippen MR) is 131 cm³/mol. The van der Waals surface area contributed by atoms with Gasteiger partial charge in [-0.2, -0.15) is 4.68 Å². The van der Waals surface area contributed by atoms with Crippen LogP contribution in [0, 0.1) is 6.92 Å². The lowest BCUT2D eigenvalue weighted by atomic mass is 10.1. The molecule has 0 saturated carbocycles. The van der Waals surface area contributed by atoms with Crippen LogP contribution in [0.2, 0.25) is 0 Å². The first-order valence-electron chi connectivity index (χ1n) is 10.9. The molecule has 0 spiro atoms. The Hall–Kier alpha value is -4.52. The Morgan fingerprint density at radius 1 is 0.853 bits per heavy atom. The number of pyridine rings is 2. The third kappa shape index (κ3) is 3.77. The van der Waals surface area contributed by atoms with Crippen LogP contribution in [0.4, 0.5) is 0 Å². The highest BCUT2D eigenvalue weighted by molar-refractivity contribution is 5.81. The predicted octanol–water partition coefficient (Wildman–Crippen LogP) is 3.57. The number of aromatic nitrogens is 4. The van der Waals surface area contributed by atoms with Gasteiger partial charge in [-0.3, -0.25) is 19.1 Å². The van der Waals surface area contributed by atoms with Crippen LogP contribution in [0.1, 0.15) is 27.2 Å². The molecule has 34 heavy (non-hydrogen) atoms. The summed E-state index contributed by atoms with van der Waals surface area (Å²) >= 11 is 0. The summed E-state index contributed by atoms with van der Waals surface area (Å²) < 4.78 is 4.94. The average Bonchev–Trinajstić information content (AvgIpc) is 3.14. The Kier molecular flexibility index (Phi) is 5.51. The second kappa shape index (κ2) is 8.78. The summed E-state index contributed by atoms with van der Waals surface area (Å²) in [5, 5.41) is 0.477. The number of rotatable bonds is 6. The van der Waals surface area contributed by atoms with Crippen molar-refractivity contribution in [3.8, 4) is 5.82 Å². The molecule has 3 aromatic heterocycles. The highest BCUT2D eigenvalue weighted by Crippen LogP contribution is 2.19. The molecule has 0 aliphatic carbocycles. The maximum absolute atomic E-state index is 13.7. The topological polar surface area (TPSA) is 78.9 Å². The molecule has 0 aliphatic heterocycles. The maximum atomic E-state index is 13.7. The van der Waals surface area contributed by atoms with E-state index in [1.807, 2.05) is 53.2 Å². The summed E-state index contributed by atoms with van der Waals surface area (Å²) in [6.45, 7) is 2.50. The van der Waals surface area contributed by atoms with E-state index in [9.17, 15) is 14.4 Å². The summed E-state index contributed by atoms with van der Waals surface area (Å²) in [6, 6.07) is 23.8. The summed E-state index contributed by atoms with van der Waals surface area (Å²) in [5.74, 6) is 0.488. The zero-order valence-electron chi connectivity index (χ0n) is 18.6. The molecule has 5 aromatic rings. The van der Waals surface area contributed by atoms with Crippen molar-refractivity contribution in [1.82, 2.24) is 18.9 Å². The Labute approximate surface area is 195 Å². The zero-order valence-corrected chi connectivity index (χ0v) is 18.6. The van der Waals surface area contributed by atoms with Gasteiger partial charge in [-0.25, -0.2) is 4.98 Å². The SMILES string of the molecule is Cc1c2c(=O)n(-c3ccccn3)n(Cc3ccccc3)c2cc(=O)n1Cc1ccc(C=O)cc1. The molecule has 2 aromatic carbocycles. The lowest BCUT2D eigenvalue weighted by molar-refractivity contribution is 0.112. The van der Waals surface area contributed by atoms with Crippen LogP contribution in [0.3, 0.4) is 0 Å². The van der Waals surface area contributed by atoms with E-state index >= 15 is 0 Å². The maximum Gasteiger partial charge on any atom is 0.282 e. The van der Waals surface area contributed by atoms with Crippen molar-refractivity contribution >= 4 is 17.2 Å². The molecule has 3 heterocycles. The Bertz CT molecular complexity index is 1600. The third-order valence-electron chi connectivity index (χ3n) is 5.97. The van der Waals surface area contributed by atoms with Crippen molar-refractivity contribution in [3.63, 3.8) is 0 Å². The fourth-order valence-corrected chi connectivity index (χ4v) is 4.24. The summed E-state index contributed by atoms with van der Waals surface area (Å²) in [6.07, 6.45) is 2.42. The number of hydrogen-bond donors (Lipinski definition) is 0. The van der Waals surface area contributed by atoms with E-state index < -0.39 is 0 Å². The number of carbonyl (C=O) groups is 1. The van der Waals surface area contributed by atoms with E-state index in [-0.39, 0.29) is 11.1 Å². The lowest BCUT2D eigenvalue weighted by Crippen LogP contribution is -2.24. The van der Waals surface area contributed by atoms with E-state index in [2.05, 4.69) is 4.98 Å². The van der Waals surface area contributed by atoms with Crippen LogP contribution in [0.25, 0.3) is 16.7 Å². The van der Waals surface area contributed by atoms with Gasteiger partial charge in [0.2, 0.25) is 0 Å². The second-order valence-electron chi connectivity index (χ2n) is 8.12. The normalized spacial score (nSPS) is 11.1. The number of hydrogen-bond acceptors (Lipinski definition) is 4. The van der Waals surface area contributed by atoms with Gasteiger partial charge in [-0.05, 0) is 30.2 Å². The first-order chi connectivity index (χ1) is 16.6. The van der Waals surface area contributed by atoms with Crippen LogP contribution >= 0.6 is 0 Å². The summed E-state index contributed by atoms with van der Waals surface area (Å²) in [4.78, 5) is 42.3. The quantitative estimate of drug-likeness (QED) is 0.371. The van der Waals surface area contributed by atoms with Gasteiger partial charge >= 0.3 is 0 Å². The number of benzene rings is 2. The molecule has 0 atom stereocenters. The van der Waals surface area contributed by atoms with Gasteiger partial charge in [0, 0.05) is 23.5 Å². The van der Waals surface area contributed by atoms with Crippen LogP contribution in [0.5, 0.6) is 0 Å². The molecule has 5 rings (SSSR count). The molecule has 0 fully saturated rings. The largest absolute Gasteiger partial charge is 0.308 e. The second-order valence-corrected chi connectivity index (χ2v) is 8.12. The van der Waals surface area contributed by atoms with Crippen molar-refractivity contribution < 1.29 is 4.79 Å². The monoisotopic (exact) mass is 450 g/mol. The van der Waals surface area contributed by atoms with E-state index in [1.54, 1.807) is 42.0 Å². The smallest absolute Gasteiger partial charge is 0.282 e. The average molecular weight is 450 g/mol. The van der Waals surface area contributed by atoms with Gasteiger partial charge in [0.1, 0.15) is 6.29 Å². The van der Waals surface area contributed by atoms with Crippen molar-refractivity contribution in [2.75, 3.05) is 0 Å². The van der Waals surface area contributed by atoms with E-state index in [0.29, 0.717) is 41.1 Å². The summed E-state index contributed by atoms with van der Waals surface area (Å²) in [7, 11) is 0. The third-order valence-corrected chi connectivity index (χ3v) is 5.97. The molecule has 168 valence electrons. The molecule has 0 bridgehead atoms. The van der Waals surface area contributed by atoms with Gasteiger partial charge in [-0.1, -0.05) is 60.7 Å². The standard InChI is InChI=1S/C27H22N4O3/c1-19-26-23(15-25(33)29(19)16-21-10-12-22(18-32)13-11-21)30(17-20-7-3-2-4-8-20)31(27(26)34)24-9-5-6-14-28-24/h2-15,18H,16-17H2,1H3. The number of carbonyl (C=O) groups excluding carboxylic acids is 1. The van der Waals surface area contributed by atoms with Crippen molar-refractivity contribution in [3.05, 3.63) is 128 Å². The number of fused-ring (bicyclic) bond motifs is 1. The van der Waals surface area contributed by atoms with Crippen LogP contribution in [-0.2, 0) is 13.1 Å². The van der Waals surface area contributed by atoms with Crippen LogP contribution in [0.15, 0.2) is 94.6 Å². The first-order valence-corrected chi connectivity index (χ1v) is 10.9. The van der Waals surface area contributed by atoms with Gasteiger partial charge < -0.3 is 4.57 Å². The molecule has 0 unspecified atom stereocenters. The molecule has 0 radical (unpaired) electrons. The Morgan fingerprint density at radius 2 is 1.56 bits per heavy atom. The molecule has 0 aliphatic rings. The summed E-state index contributed by atoms with van der Waals surface area (Å²) in [5.41, 5.74) is 3.15. The minimum atomic E-state index is -0.229. The van der Waals surface area contributed by atoms with E-state index in [4.69, 9.17) is 0 Å². The fourth-order valence-electron chi connectivity index (χ4n) is 4.24. The van der Waals surface area contributed by atoms with Crippen LogP contribution in [-0.4, -0.2) is 25.2 Å². The number of aryl methyl sites for hydroxylation is 1. The Balaban J connectivity index is 1.72. The molecule has 0 saturated heterocycles. The fraction of sp³-hybridized carbons (Fsp3) is 0.111. The van der Waals surface area contributed by atoms with Gasteiger partial charge in [-0.15, -0.1) is 0 Å². The number of nitrogens with zero attached hydrogens (tertiary/aromatic N) is 4. The highest BCUT2D eigenvalue weighted by atomic mass is 16.1. The molecule has 0 N–H and O–H groups in total. The minimum Gasteiger partial charge on any atom is -0.308 e. The zero-order chi connectivity index (χ0) is 23.7. The van der Waals surface area contributed by atoms with Crippen molar-refractivity contribution in [2.45, 2.75) is 20.0 Å². The van der Waals surface area contributed by atoms with E-state index in [0.717, 1.165) is 17.4 Å². The van der Waals surface area contributed by atoms with Crippen molar-refractivity contribution in [2.24, 2.45) is 0 Å². The van der Waals surface area contributed by atoms with Gasteiger partial charge in [0.15, 0.2) is 5.82 Å². The van der Waals surface area contributed by atoms with Gasteiger partial charge in [0.05, 0.1) is 24.0 Å². The number of aldehydes is 1. The molecule has 7 nitrogen and oxygen atoms in total.